The lowest BCUT2D eigenvalue weighted by molar-refractivity contribution is -0.114. The lowest BCUT2D eigenvalue weighted by Gasteiger charge is -2.25. The number of sulfonamides is 1. The Bertz CT molecular complexity index is 1310. The molecule has 1 amide bonds. The first-order chi connectivity index (χ1) is 16.1. The highest BCUT2D eigenvalue weighted by molar-refractivity contribution is 7.92. The standard InChI is InChI=1S/C24H22Cl2N2O5S/c1-3-33-24(30)17-9-11-21(16(2)13-17)27-23(29)15-28(22-12-10-18(25)14-20(22)26)34(31,32)19-7-5-4-6-8-19/h4-14H,3,15H2,1-2H3,(H,27,29). The Labute approximate surface area is 208 Å². The van der Waals surface area contributed by atoms with Crippen LogP contribution >= 0.6 is 23.2 Å². The first kappa shape index (κ1) is 25.6. The second kappa shape index (κ2) is 10.9. The molecular weight excluding hydrogens is 499 g/mol. The number of hydrogen-bond acceptors (Lipinski definition) is 5. The molecule has 0 aliphatic rings. The van der Waals surface area contributed by atoms with E-state index >= 15 is 0 Å². The molecule has 0 radical (unpaired) electrons. The molecule has 0 atom stereocenters. The number of carbonyl (C=O) groups excluding carboxylic acids is 2. The van der Waals surface area contributed by atoms with E-state index in [0.717, 1.165) is 4.31 Å². The van der Waals surface area contributed by atoms with Gasteiger partial charge in [0.15, 0.2) is 0 Å². The van der Waals surface area contributed by atoms with Crippen LogP contribution in [-0.2, 0) is 19.6 Å². The van der Waals surface area contributed by atoms with E-state index in [0.29, 0.717) is 21.8 Å². The van der Waals surface area contributed by atoms with Crippen molar-refractivity contribution in [3.8, 4) is 0 Å². The van der Waals surface area contributed by atoms with Crippen molar-refractivity contribution in [2.24, 2.45) is 0 Å². The van der Waals surface area contributed by atoms with E-state index in [9.17, 15) is 18.0 Å². The van der Waals surface area contributed by atoms with Crippen LogP contribution < -0.4 is 9.62 Å². The van der Waals surface area contributed by atoms with Gasteiger partial charge in [-0.15, -0.1) is 0 Å². The average molecular weight is 521 g/mol. The number of benzene rings is 3. The summed E-state index contributed by atoms with van der Waals surface area (Å²) >= 11 is 12.3. The van der Waals surface area contributed by atoms with Crippen molar-refractivity contribution < 1.29 is 22.7 Å². The minimum atomic E-state index is -4.13. The summed E-state index contributed by atoms with van der Waals surface area (Å²) in [4.78, 5) is 24.9. The topological polar surface area (TPSA) is 92.8 Å². The summed E-state index contributed by atoms with van der Waals surface area (Å²) in [5, 5.41) is 3.10. The maximum atomic E-state index is 13.4. The molecule has 3 rings (SSSR count). The number of hydrogen-bond donors (Lipinski definition) is 1. The summed E-state index contributed by atoms with van der Waals surface area (Å²) < 4.78 is 32.7. The monoisotopic (exact) mass is 520 g/mol. The number of esters is 1. The number of nitrogens with zero attached hydrogens (tertiary/aromatic N) is 1. The summed E-state index contributed by atoms with van der Waals surface area (Å²) in [6.45, 7) is 3.13. The van der Waals surface area contributed by atoms with Gasteiger partial charge < -0.3 is 10.1 Å². The zero-order valence-corrected chi connectivity index (χ0v) is 20.7. The van der Waals surface area contributed by atoms with Crippen LogP contribution in [0.2, 0.25) is 10.0 Å². The van der Waals surface area contributed by atoms with Crippen molar-refractivity contribution >= 4 is 56.5 Å². The van der Waals surface area contributed by atoms with Crippen molar-refractivity contribution in [1.29, 1.82) is 0 Å². The van der Waals surface area contributed by atoms with Crippen LogP contribution in [0.3, 0.4) is 0 Å². The lowest BCUT2D eigenvalue weighted by Crippen LogP contribution is -2.38. The molecule has 178 valence electrons. The van der Waals surface area contributed by atoms with Gasteiger partial charge in [0.2, 0.25) is 5.91 Å². The minimum absolute atomic E-state index is 0.00351. The van der Waals surface area contributed by atoms with E-state index in [-0.39, 0.29) is 22.2 Å². The summed E-state index contributed by atoms with van der Waals surface area (Å²) in [6, 6.07) is 16.7. The molecule has 10 heteroatoms. The fourth-order valence-electron chi connectivity index (χ4n) is 3.17. The van der Waals surface area contributed by atoms with Crippen LogP contribution in [0.1, 0.15) is 22.8 Å². The molecule has 0 saturated heterocycles. The number of carbonyl (C=O) groups is 2. The molecule has 0 bridgehead atoms. The molecule has 0 aliphatic heterocycles. The molecule has 0 heterocycles. The van der Waals surface area contributed by atoms with Crippen LogP contribution in [-0.4, -0.2) is 33.4 Å². The van der Waals surface area contributed by atoms with Gasteiger partial charge >= 0.3 is 5.97 Å². The Kier molecular flexibility index (Phi) is 8.19. The van der Waals surface area contributed by atoms with Gasteiger partial charge in [-0.25, -0.2) is 13.2 Å². The maximum Gasteiger partial charge on any atom is 0.338 e. The number of ether oxygens (including phenoxy) is 1. The molecule has 0 fully saturated rings. The van der Waals surface area contributed by atoms with Gasteiger partial charge in [0.1, 0.15) is 6.54 Å². The molecule has 0 spiro atoms. The van der Waals surface area contributed by atoms with Gasteiger partial charge in [0.25, 0.3) is 10.0 Å². The van der Waals surface area contributed by atoms with E-state index in [1.54, 1.807) is 44.2 Å². The second-order valence-corrected chi connectivity index (χ2v) is 9.92. The predicted octanol–water partition coefficient (Wildman–Crippen LogP) is 5.31. The predicted molar refractivity (Wildman–Crippen MR) is 133 cm³/mol. The number of halogens is 2. The number of anilines is 2. The van der Waals surface area contributed by atoms with Crippen LogP contribution in [0.25, 0.3) is 0 Å². The van der Waals surface area contributed by atoms with Gasteiger partial charge in [-0.3, -0.25) is 9.10 Å². The fraction of sp³-hybridized carbons (Fsp3) is 0.167. The Hall–Kier alpha value is -3.07. The van der Waals surface area contributed by atoms with Crippen molar-refractivity contribution in [3.05, 3.63) is 87.9 Å². The van der Waals surface area contributed by atoms with Gasteiger partial charge in [0, 0.05) is 10.7 Å². The van der Waals surface area contributed by atoms with Crippen LogP contribution in [0, 0.1) is 6.92 Å². The Balaban J connectivity index is 1.91. The Morgan fingerprint density at radius 1 is 1.00 bits per heavy atom. The maximum absolute atomic E-state index is 13.4. The van der Waals surface area contributed by atoms with Crippen molar-refractivity contribution in [2.75, 3.05) is 22.8 Å². The third-order valence-electron chi connectivity index (χ3n) is 4.81. The summed E-state index contributed by atoms with van der Waals surface area (Å²) in [5.41, 5.74) is 1.50. The van der Waals surface area contributed by atoms with Crippen molar-refractivity contribution in [2.45, 2.75) is 18.7 Å². The van der Waals surface area contributed by atoms with Crippen molar-refractivity contribution in [3.63, 3.8) is 0 Å². The van der Waals surface area contributed by atoms with Crippen LogP contribution in [0.4, 0.5) is 11.4 Å². The molecular formula is C24H22Cl2N2O5S. The van der Waals surface area contributed by atoms with E-state index in [4.69, 9.17) is 27.9 Å². The quantitative estimate of drug-likeness (QED) is 0.406. The fourth-order valence-corrected chi connectivity index (χ4v) is 5.19. The summed E-state index contributed by atoms with van der Waals surface area (Å²) in [6.07, 6.45) is 0. The first-order valence-corrected chi connectivity index (χ1v) is 12.4. The van der Waals surface area contributed by atoms with Crippen LogP contribution in [0.15, 0.2) is 71.6 Å². The van der Waals surface area contributed by atoms with E-state index in [2.05, 4.69) is 5.32 Å². The second-order valence-electron chi connectivity index (χ2n) is 7.22. The zero-order valence-electron chi connectivity index (χ0n) is 18.4. The number of nitrogens with one attached hydrogen (secondary N) is 1. The molecule has 34 heavy (non-hydrogen) atoms. The average Bonchev–Trinajstić information content (AvgIpc) is 2.80. The zero-order chi connectivity index (χ0) is 24.9. The third-order valence-corrected chi connectivity index (χ3v) is 7.12. The molecule has 0 aliphatic carbocycles. The van der Waals surface area contributed by atoms with Gasteiger partial charge in [-0.1, -0.05) is 41.4 Å². The Morgan fingerprint density at radius 2 is 1.71 bits per heavy atom. The molecule has 0 unspecified atom stereocenters. The first-order valence-electron chi connectivity index (χ1n) is 10.2. The number of rotatable bonds is 8. The lowest BCUT2D eigenvalue weighted by atomic mass is 10.1. The highest BCUT2D eigenvalue weighted by Gasteiger charge is 2.29. The van der Waals surface area contributed by atoms with E-state index in [1.807, 2.05) is 0 Å². The van der Waals surface area contributed by atoms with Gasteiger partial charge in [-0.05, 0) is 67.9 Å². The molecule has 0 aromatic heterocycles. The summed E-state index contributed by atoms with van der Waals surface area (Å²) in [5.74, 6) is -1.07. The molecule has 0 saturated carbocycles. The normalized spacial score (nSPS) is 11.1. The highest BCUT2D eigenvalue weighted by atomic mass is 35.5. The van der Waals surface area contributed by atoms with E-state index in [1.165, 1.54) is 36.4 Å². The SMILES string of the molecule is CCOC(=O)c1ccc(NC(=O)CN(c2ccc(Cl)cc2Cl)S(=O)(=O)c2ccccc2)c(C)c1. The van der Waals surface area contributed by atoms with E-state index < -0.39 is 28.4 Å². The molecule has 3 aromatic carbocycles. The minimum Gasteiger partial charge on any atom is -0.462 e. The number of amides is 1. The highest BCUT2D eigenvalue weighted by Crippen LogP contribution is 2.32. The van der Waals surface area contributed by atoms with Crippen LogP contribution in [0.5, 0.6) is 0 Å². The molecule has 1 N–H and O–H groups in total. The molecule has 7 nitrogen and oxygen atoms in total. The van der Waals surface area contributed by atoms with Gasteiger partial charge in [-0.2, -0.15) is 0 Å². The third kappa shape index (κ3) is 5.88. The molecule has 3 aromatic rings. The van der Waals surface area contributed by atoms with Gasteiger partial charge in [0.05, 0.1) is 27.8 Å². The smallest absolute Gasteiger partial charge is 0.338 e. The largest absolute Gasteiger partial charge is 0.462 e. The van der Waals surface area contributed by atoms with Crippen molar-refractivity contribution in [1.82, 2.24) is 0 Å². The Morgan fingerprint density at radius 3 is 2.32 bits per heavy atom. The summed E-state index contributed by atoms with van der Waals surface area (Å²) in [7, 11) is -4.13. The number of aryl methyl sites for hydroxylation is 1.